The van der Waals surface area contributed by atoms with Crippen molar-refractivity contribution in [3.8, 4) is 0 Å². The van der Waals surface area contributed by atoms with Crippen LogP contribution in [0.1, 0.15) is 34.6 Å². The average molecular weight is 192 g/mol. The molecule has 0 aliphatic heterocycles. The molecule has 0 heterocycles. The second-order valence-electron chi connectivity index (χ2n) is 3.86. The van der Waals surface area contributed by atoms with Crippen LogP contribution in [0.4, 0.5) is 0 Å². The molecule has 0 saturated carbocycles. The maximum Gasteiger partial charge on any atom is 0.0576 e. The van der Waals surface area contributed by atoms with Crippen LogP contribution in [0.5, 0.6) is 0 Å². The van der Waals surface area contributed by atoms with E-state index in [9.17, 15) is 0 Å². The van der Waals surface area contributed by atoms with Gasteiger partial charge in [0.25, 0.3) is 0 Å². The van der Waals surface area contributed by atoms with E-state index < -0.39 is 0 Å². The van der Waals surface area contributed by atoms with Crippen LogP contribution in [0, 0.1) is 0 Å². The molecular weight excluding hydrogens is 172 g/mol. The van der Waals surface area contributed by atoms with Crippen LogP contribution in [0.3, 0.4) is 0 Å². The van der Waals surface area contributed by atoms with Gasteiger partial charge in [0.1, 0.15) is 0 Å². The third-order valence-corrected chi connectivity index (χ3v) is 6.86. The summed E-state index contributed by atoms with van der Waals surface area (Å²) in [7, 11) is -0.239. The smallest absolute Gasteiger partial charge is 0.0576 e. The third kappa shape index (κ3) is 3.61. The van der Waals surface area contributed by atoms with Crippen molar-refractivity contribution >= 4 is 20.4 Å². The lowest BCUT2D eigenvalue weighted by molar-refractivity contribution is 0.866. The molecule has 0 fully saturated rings. The monoisotopic (exact) mass is 191 g/mol. The minimum Gasteiger partial charge on any atom is -0.127 e. The number of hydrogen-bond acceptors (Lipinski definition) is 0. The molecule has 2 heteroatoms. The van der Waals surface area contributed by atoms with Crippen molar-refractivity contribution in [1.29, 1.82) is 0 Å². The molecule has 0 saturated heterocycles. The molecule has 67 valence electrons. The van der Waals surface area contributed by atoms with Gasteiger partial charge in [-0.05, 0) is 5.54 Å². The molecule has 0 aromatic rings. The third-order valence-electron chi connectivity index (χ3n) is 2.13. The molecule has 1 atom stereocenters. The van der Waals surface area contributed by atoms with Gasteiger partial charge < -0.3 is 0 Å². The van der Waals surface area contributed by atoms with E-state index in [-0.39, 0.29) is 8.80 Å². The second-order valence-corrected chi connectivity index (χ2v) is 8.47. The summed E-state index contributed by atoms with van der Waals surface area (Å²) in [6.07, 6.45) is 0. The first-order valence-electron chi connectivity index (χ1n) is 4.43. The Morgan fingerprint density at radius 1 is 1.00 bits per heavy atom. The normalized spacial score (nSPS) is 15.0. The number of rotatable bonds is 4. The van der Waals surface area contributed by atoms with Gasteiger partial charge in [0.05, 0.1) is 8.80 Å². The number of hydrogen-bond donors (Lipinski definition) is 0. The van der Waals surface area contributed by atoms with Crippen LogP contribution in [0.25, 0.3) is 0 Å². The van der Waals surface area contributed by atoms with E-state index >= 15 is 0 Å². The van der Waals surface area contributed by atoms with E-state index in [1.54, 1.807) is 0 Å². The van der Waals surface area contributed by atoms with Crippen LogP contribution in [0.2, 0.25) is 16.6 Å². The van der Waals surface area contributed by atoms with Crippen LogP contribution in [-0.2, 0) is 0 Å². The van der Waals surface area contributed by atoms with E-state index in [0.29, 0.717) is 0 Å². The van der Waals surface area contributed by atoms with Gasteiger partial charge in [-0.15, -0.1) is 11.6 Å². The van der Waals surface area contributed by atoms with Crippen LogP contribution < -0.4 is 0 Å². The molecule has 0 aliphatic carbocycles. The predicted molar refractivity (Wildman–Crippen MR) is 56.1 cm³/mol. The molecule has 0 aromatic heterocycles. The molecule has 0 amide bonds. The zero-order valence-corrected chi connectivity index (χ0v) is 10.1. The summed E-state index contributed by atoms with van der Waals surface area (Å²) in [6.45, 7) is 11.6. The molecule has 0 bridgehead atoms. The summed E-state index contributed by atoms with van der Waals surface area (Å²) in [5.74, 6) is 0.838. The predicted octanol–water partition coefficient (Wildman–Crippen LogP) is 3.93. The van der Waals surface area contributed by atoms with Crippen molar-refractivity contribution in [3.63, 3.8) is 0 Å². The fraction of sp³-hybridized carbons (Fsp3) is 1.00. The van der Waals surface area contributed by atoms with Gasteiger partial charge in [0.15, 0.2) is 0 Å². The first-order valence-corrected chi connectivity index (χ1v) is 6.69. The van der Waals surface area contributed by atoms with Crippen molar-refractivity contribution in [2.24, 2.45) is 0 Å². The quantitative estimate of drug-likeness (QED) is 0.467. The largest absolute Gasteiger partial charge is 0.127 e. The molecule has 1 radical (unpaired) electrons. The molecule has 0 nitrogen and oxygen atoms in total. The Labute approximate surface area is 77.9 Å². The van der Waals surface area contributed by atoms with Gasteiger partial charge in [-0.3, -0.25) is 0 Å². The Hall–Kier alpha value is 0.507. The summed E-state index contributed by atoms with van der Waals surface area (Å²) in [6, 6.07) is 0. The lowest BCUT2D eigenvalue weighted by Crippen LogP contribution is -2.26. The summed E-state index contributed by atoms with van der Waals surface area (Å²) in [5, 5.41) is 0. The van der Waals surface area contributed by atoms with Gasteiger partial charge >= 0.3 is 0 Å². The second kappa shape index (κ2) is 5.21. The first kappa shape index (κ1) is 11.5. The highest BCUT2D eigenvalue weighted by molar-refractivity contribution is 6.64. The Kier molecular flexibility index (Phi) is 5.45. The lowest BCUT2D eigenvalue weighted by atomic mass is 10.5. The summed E-state index contributed by atoms with van der Waals surface area (Å²) >= 11 is 5.86. The molecular formula is C9H20ClSi. The molecule has 0 spiro atoms. The zero-order chi connectivity index (χ0) is 9.02. The van der Waals surface area contributed by atoms with E-state index in [2.05, 4.69) is 34.6 Å². The fourth-order valence-corrected chi connectivity index (χ4v) is 6.22. The molecule has 0 N–H and O–H groups in total. The van der Waals surface area contributed by atoms with Crippen molar-refractivity contribution in [2.45, 2.75) is 51.2 Å². The topological polar surface area (TPSA) is 0 Å². The Morgan fingerprint density at radius 2 is 1.36 bits per heavy atom. The molecule has 11 heavy (non-hydrogen) atoms. The van der Waals surface area contributed by atoms with Gasteiger partial charge in [-0.25, -0.2) is 0 Å². The maximum atomic E-state index is 5.86. The molecule has 0 rings (SSSR count). The molecule has 0 aromatic carbocycles. The summed E-state index contributed by atoms with van der Waals surface area (Å²) in [4.78, 5) is 0. The Balaban J connectivity index is 4.09. The van der Waals surface area contributed by atoms with Gasteiger partial charge in [-0.1, -0.05) is 45.7 Å². The van der Waals surface area contributed by atoms with Gasteiger partial charge in [0, 0.05) is 5.88 Å². The minimum absolute atomic E-state index is 0.239. The Morgan fingerprint density at radius 3 is 1.45 bits per heavy atom. The van der Waals surface area contributed by atoms with E-state index in [4.69, 9.17) is 11.6 Å². The number of alkyl halides is 1. The van der Waals surface area contributed by atoms with Crippen LogP contribution >= 0.6 is 11.6 Å². The van der Waals surface area contributed by atoms with E-state index in [1.165, 1.54) is 0 Å². The Bertz CT molecular complexity index is 93.7. The highest BCUT2D eigenvalue weighted by atomic mass is 35.5. The van der Waals surface area contributed by atoms with Crippen molar-refractivity contribution in [2.75, 3.05) is 5.88 Å². The fourth-order valence-electron chi connectivity index (χ4n) is 1.89. The van der Waals surface area contributed by atoms with Crippen molar-refractivity contribution in [3.05, 3.63) is 0 Å². The summed E-state index contributed by atoms with van der Waals surface area (Å²) in [5.41, 5.74) is 2.46. The molecule has 0 aliphatic rings. The van der Waals surface area contributed by atoms with Gasteiger partial charge in [-0.2, -0.15) is 0 Å². The van der Waals surface area contributed by atoms with E-state index in [0.717, 1.165) is 22.5 Å². The van der Waals surface area contributed by atoms with Crippen LogP contribution in [-0.4, -0.2) is 14.7 Å². The zero-order valence-electron chi connectivity index (χ0n) is 8.32. The lowest BCUT2D eigenvalue weighted by Gasteiger charge is -2.27. The first-order chi connectivity index (χ1) is 5.00. The SMILES string of the molecule is CC(C)[Si](C(C)C)C(C)CCl. The maximum absolute atomic E-state index is 5.86. The highest BCUT2D eigenvalue weighted by Crippen LogP contribution is 2.30. The van der Waals surface area contributed by atoms with Gasteiger partial charge in [0.2, 0.25) is 0 Å². The van der Waals surface area contributed by atoms with Crippen molar-refractivity contribution in [1.82, 2.24) is 0 Å². The summed E-state index contributed by atoms with van der Waals surface area (Å²) < 4.78 is 0. The minimum atomic E-state index is -0.239. The number of halogens is 1. The van der Waals surface area contributed by atoms with Crippen molar-refractivity contribution < 1.29 is 0 Å². The average Bonchev–Trinajstić information content (AvgIpc) is 1.85. The highest BCUT2D eigenvalue weighted by Gasteiger charge is 2.25. The van der Waals surface area contributed by atoms with E-state index in [1.807, 2.05) is 0 Å². The standard InChI is InChI=1S/C9H20ClSi/c1-7(2)11(8(3)4)9(5)6-10/h7-9H,6H2,1-5H3. The van der Waals surface area contributed by atoms with Crippen LogP contribution in [0.15, 0.2) is 0 Å². The molecule has 1 unspecified atom stereocenters.